The molecule has 0 fully saturated rings. The summed E-state index contributed by atoms with van der Waals surface area (Å²) in [6, 6.07) is 6.23. The summed E-state index contributed by atoms with van der Waals surface area (Å²) in [7, 11) is 0. The Morgan fingerprint density at radius 2 is 1.94 bits per heavy atom. The van der Waals surface area contributed by atoms with E-state index in [-0.39, 0.29) is 0 Å². The summed E-state index contributed by atoms with van der Waals surface area (Å²) in [6.45, 7) is 7.42. The molecule has 0 bridgehead atoms. The summed E-state index contributed by atoms with van der Waals surface area (Å²) in [5.41, 5.74) is 1.06. The molecule has 1 N–H and O–H groups in total. The van der Waals surface area contributed by atoms with Gasteiger partial charge in [-0.3, -0.25) is 0 Å². The maximum Gasteiger partial charge on any atom is 0.0637 e. The molecule has 2 unspecified atom stereocenters. The van der Waals surface area contributed by atoms with Gasteiger partial charge < -0.3 is 5.32 Å². The molecular formula is C13H19Cl2N. The fourth-order valence-electron chi connectivity index (χ4n) is 1.51. The van der Waals surface area contributed by atoms with Crippen molar-refractivity contribution in [3.8, 4) is 0 Å². The minimum Gasteiger partial charge on any atom is -0.310 e. The third-order valence-electron chi connectivity index (χ3n) is 3.14. The molecule has 90 valence electrons. The zero-order valence-corrected chi connectivity index (χ0v) is 11.6. The lowest BCUT2D eigenvalue weighted by atomic mass is 10.0. The smallest absolute Gasteiger partial charge is 0.0637 e. The molecule has 16 heavy (non-hydrogen) atoms. The van der Waals surface area contributed by atoms with Crippen LogP contribution in [0.15, 0.2) is 18.2 Å². The van der Waals surface area contributed by atoms with Crippen molar-refractivity contribution < 1.29 is 0 Å². The molecule has 0 saturated heterocycles. The molecule has 0 aromatic heterocycles. The maximum atomic E-state index is 6.12. The lowest BCUT2D eigenvalue weighted by Gasteiger charge is -2.20. The van der Waals surface area contributed by atoms with Crippen LogP contribution in [0.4, 0.5) is 0 Å². The summed E-state index contributed by atoms with van der Waals surface area (Å²) in [5.74, 6) is 0.665. The molecule has 0 radical (unpaired) electrons. The predicted octanol–water partition coefficient (Wildman–Crippen LogP) is 4.52. The summed E-state index contributed by atoms with van der Waals surface area (Å²) in [5, 5.41) is 4.76. The Morgan fingerprint density at radius 1 is 1.25 bits per heavy atom. The lowest BCUT2D eigenvalue weighted by molar-refractivity contribution is 0.389. The topological polar surface area (TPSA) is 12.0 Å². The van der Waals surface area contributed by atoms with E-state index in [0.29, 0.717) is 22.0 Å². The van der Waals surface area contributed by atoms with E-state index < -0.39 is 0 Å². The Morgan fingerprint density at radius 3 is 2.56 bits per heavy atom. The lowest BCUT2D eigenvalue weighted by Crippen LogP contribution is -2.31. The molecule has 0 aliphatic rings. The van der Waals surface area contributed by atoms with E-state index in [2.05, 4.69) is 26.1 Å². The van der Waals surface area contributed by atoms with Crippen molar-refractivity contribution in [2.75, 3.05) is 0 Å². The molecule has 0 spiro atoms. The van der Waals surface area contributed by atoms with Crippen LogP contribution in [0, 0.1) is 5.92 Å². The van der Waals surface area contributed by atoms with E-state index in [1.807, 2.05) is 18.2 Å². The third-order valence-corrected chi connectivity index (χ3v) is 4.00. The molecule has 1 nitrogen and oxygen atoms in total. The van der Waals surface area contributed by atoms with E-state index in [9.17, 15) is 0 Å². The van der Waals surface area contributed by atoms with Gasteiger partial charge in [0.1, 0.15) is 0 Å². The van der Waals surface area contributed by atoms with Gasteiger partial charge in [-0.2, -0.15) is 0 Å². The van der Waals surface area contributed by atoms with Crippen LogP contribution in [0.5, 0.6) is 0 Å². The first-order valence-electron chi connectivity index (χ1n) is 5.72. The average molecular weight is 260 g/mol. The van der Waals surface area contributed by atoms with Gasteiger partial charge in [-0.05, 0) is 24.5 Å². The normalized spacial score (nSPS) is 14.8. The van der Waals surface area contributed by atoms with Crippen LogP contribution >= 0.6 is 23.2 Å². The number of hydrogen-bond donors (Lipinski definition) is 1. The maximum absolute atomic E-state index is 6.12. The predicted molar refractivity (Wildman–Crippen MR) is 72.2 cm³/mol. The van der Waals surface area contributed by atoms with Crippen molar-refractivity contribution in [3.05, 3.63) is 33.8 Å². The number of benzene rings is 1. The fraction of sp³-hybridized carbons (Fsp3) is 0.538. The van der Waals surface area contributed by atoms with Gasteiger partial charge in [-0.25, -0.2) is 0 Å². The van der Waals surface area contributed by atoms with Crippen molar-refractivity contribution in [1.82, 2.24) is 5.32 Å². The van der Waals surface area contributed by atoms with Gasteiger partial charge in [0.15, 0.2) is 0 Å². The fourth-order valence-corrected chi connectivity index (χ4v) is 1.90. The molecule has 3 heteroatoms. The van der Waals surface area contributed by atoms with Crippen molar-refractivity contribution in [2.24, 2.45) is 5.92 Å². The van der Waals surface area contributed by atoms with Gasteiger partial charge in [-0.15, -0.1) is 0 Å². The van der Waals surface area contributed by atoms with E-state index in [0.717, 1.165) is 12.1 Å². The van der Waals surface area contributed by atoms with Crippen LogP contribution in [0.1, 0.15) is 32.8 Å². The Balaban J connectivity index is 2.58. The SMILES string of the molecule is CCC(C)C(C)NCc1cccc(Cl)c1Cl. The van der Waals surface area contributed by atoms with Gasteiger partial charge >= 0.3 is 0 Å². The van der Waals surface area contributed by atoms with E-state index in [1.54, 1.807) is 0 Å². The highest BCUT2D eigenvalue weighted by atomic mass is 35.5. The summed E-state index contributed by atoms with van der Waals surface area (Å²) < 4.78 is 0. The Labute approximate surface area is 108 Å². The van der Waals surface area contributed by atoms with Gasteiger partial charge in [0.25, 0.3) is 0 Å². The van der Waals surface area contributed by atoms with E-state index >= 15 is 0 Å². The summed E-state index contributed by atoms with van der Waals surface area (Å²) in [4.78, 5) is 0. The number of rotatable bonds is 5. The minimum atomic E-state index is 0.486. The first kappa shape index (κ1) is 13.8. The highest BCUT2D eigenvalue weighted by molar-refractivity contribution is 6.42. The summed E-state index contributed by atoms with van der Waals surface area (Å²) >= 11 is 12.1. The Hall–Kier alpha value is -0.240. The van der Waals surface area contributed by atoms with Crippen LogP contribution in [-0.2, 0) is 6.54 Å². The molecule has 2 atom stereocenters. The molecule has 1 rings (SSSR count). The molecule has 0 saturated carbocycles. The van der Waals surface area contributed by atoms with Gasteiger partial charge in [0.05, 0.1) is 10.0 Å². The molecule has 0 aliphatic carbocycles. The van der Waals surface area contributed by atoms with Gasteiger partial charge in [0, 0.05) is 12.6 Å². The standard InChI is InChI=1S/C13H19Cl2N/c1-4-9(2)10(3)16-8-11-6-5-7-12(14)13(11)15/h5-7,9-10,16H,4,8H2,1-3H3. The first-order chi connectivity index (χ1) is 7.56. The molecule has 0 aliphatic heterocycles. The second kappa shape index (κ2) is 6.48. The second-order valence-electron chi connectivity index (χ2n) is 4.27. The zero-order chi connectivity index (χ0) is 12.1. The van der Waals surface area contributed by atoms with Crippen LogP contribution < -0.4 is 5.32 Å². The van der Waals surface area contributed by atoms with E-state index in [4.69, 9.17) is 23.2 Å². The number of hydrogen-bond acceptors (Lipinski definition) is 1. The highest BCUT2D eigenvalue weighted by Gasteiger charge is 2.10. The molecule has 1 aromatic carbocycles. The zero-order valence-electron chi connectivity index (χ0n) is 10.1. The van der Waals surface area contributed by atoms with Crippen molar-refractivity contribution >= 4 is 23.2 Å². The van der Waals surface area contributed by atoms with Crippen molar-refractivity contribution in [1.29, 1.82) is 0 Å². The van der Waals surface area contributed by atoms with Gasteiger partial charge in [-0.1, -0.05) is 55.6 Å². The first-order valence-corrected chi connectivity index (χ1v) is 6.48. The van der Waals surface area contributed by atoms with Crippen LogP contribution in [0.2, 0.25) is 10.0 Å². The van der Waals surface area contributed by atoms with Crippen molar-refractivity contribution in [2.45, 2.75) is 39.8 Å². The average Bonchev–Trinajstić information content (AvgIpc) is 2.29. The third kappa shape index (κ3) is 3.65. The van der Waals surface area contributed by atoms with Crippen molar-refractivity contribution in [3.63, 3.8) is 0 Å². The number of nitrogens with one attached hydrogen (secondary N) is 1. The highest BCUT2D eigenvalue weighted by Crippen LogP contribution is 2.25. The van der Waals surface area contributed by atoms with Crippen LogP contribution in [0.25, 0.3) is 0 Å². The molecule has 0 amide bonds. The second-order valence-corrected chi connectivity index (χ2v) is 5.05. The molecule has 1 aromatic rings. The van der Waals surface area contributed by atoms with Gasteiger partial charge in [0.2, 0.25) is 0 Å². The van der Waals surface area contributed by atoms with Crippen LogP contribution in [-0.4, -0.2) is 6.04 Å². The molecule has 0 heterocycles. The molecular weight excluding hydrogens is 241 g/mol. The largest absolute Gasteiger partial charge is 0.310 e. The summed E-state index contributed by atoms with van der Waals surface area (Å²) in [6.07, 6.45) is 1.18. The van der Waals surface area contributed by atoms with Crippen LogP contribution in [0.3, 0.4) is 0 Å². The minimum absolute atomic E-state index is 0.486. The monoisotopic (exact) mass is 259 g/mol. The Kier molecular flexibility index (Phi) is 5.60. The quantitative estimate of drug-likeness (QED) is 0.820. The van der Waals surface area contributed by atoms with E-state index in [1.165, 1.54) is 6.42 Å². The number of halogens is 2. The Bertz CT molecular complexity index is 339.